The fourth-order valence-electron chi connectivity index (χ4n) is 1.97. The number of carbonyl (C=O) groups excluding carboxylic acids is 1. The van der Waals surface area contributed by atoms with Crippen LogP contribution in [0.4, 0.5) is 0 Å². The van der Waals surface area contributed by atoms with E-state index in [0.717, 1.165) is 0 Å². The third kappa shape index (κ3) is 2.63. The second kappa shape index (κ2) is 5.84. The second-order valence-corrected chi connectivity index (χ2v) is 4.14. The molecule has 1 N–H and O–H groups in total. The highest BCUT2D eigenvalue weighted by Crippen LogP contribution is 2.16. The van der Waals surface area contributed by atoms with Crippen molar-refractivity contribution in [3.63, 3.8) is 0 Å². The highest BCUT2D eigenvalue weighted by atomic mass is 16.5. The van der Waals surface area contributed by atoms with Gasteiger partial charge in [0.2, 0.25) is 0 Å². The van der Waals surface area contributed by atoms with Crippen LogP contribution in [0.1, 0.15) is 10.4 Å². The first kappa shape index (κ1) is 12.9. The molecule has 1 heterocycles. The number of hydrogen-bond acceptors (Lipinski definition) is 4. The zero-order valence-electron chi connectivity index (χ0n) is 10.3. The molecule has 1 unspecified atom stereocenters. The van der Waals surface area contributed by atoms with Crippen LogP contribution in [-0.2, 0) is 4.74 Å². The molecule has 0 saturated carbocycles. The Hall–Kier alpha value is -1.59. The lowest BCUT2D eigenvalue weighted by atomic mass is 10.1. The van der Waals surface area contributed by atoms with Gasteiger partial charge >= 0.3 is 0 Å². The summed E-state index contributed by atoms with van der Waals surface area (Å²) >= 11 is 0. The molecule has 1 aromatic rings. The summed E-state index contributed by atoms with van der Waals surface area (Å²) in [7, 11) is 1.58. The van der Waals surface area contributed by atoms with Crippen LogP contribution in [0.5, 0.6) is 5.75 Å². The molecule has 5 nitrogen and oxygen atoms in total. The maximum atomic E-state index is 12.3. The minimum Gasteiger partial charge on any atom is -0.497 e. The maximum absolute atomic E-state index is 12.3. The third-order valence-corrected chi connectivity index (χ3v) is 3.04. The van der Waals surface area contributed by atoms with Crippen molar-refractivity contribution < 1.29 is 19.4 Å². The predicted octanol–water partition coefficient (Wildman–Crippen LogP) is 0.528. The van der Waals surface area contributed by atoms with Gasteiger partial charge in [0.1, 0.15) is 5.75 Å². The Morgan fingerprint density at radius 3 is 2.83 bits per heavy atom. The Balaban J connectivity index is 2.13. The average molecular weight is 251 g/mol. The number of carbonyl (C=O) groups is 1. The molecule has 0 aliphatic carbocycles. The van der Waals surface area contributed by atoms with E-state index >= 15 is 0 Å². The monoisotopic (exact) mass is 251 g/mol. The summed E-state index contributed by atoms with van der Waals surface area (Å²) in [6.07, 6.45) is 0. The Bertz CT molecular complexity index is 404. The van der Waals surface area contributed by atoms with E-state index in [0.29, 0.717) is 31.1 Å². The lowest BCUT2D eigenvalue weighted by Crippen LogP contribution is -2.50. The van der Waals surface area contributed by atoms with E-state index in [4.69, 9.17) is 9.47 Å². The van der Waals surface area contributed by atoms with Gasteiger partial charge < -0.3 is 19.5 Å². The van der Waals surface area contributed by atoms with Crippen LogP contribution in [0.2, 0.25) is 0 Å². The first-order valence-electron chi connectivity index (χ1n) is 5.90. The van der Waals surface area contributed by atoms with E-state index in [1.165, 1.54) is 0 Å². The van der Waals surface area contributed by atoms with Gasteiger partial charge in [0.15, 0.2) is 0 Å². The molecule has 5 heteroatoms. The van der Waals surface area contributed by atoms with E-state index < -0.39 is 0 Å². The van der Waals surface area contributed by atoms with Crippen LogP contribution < -0.4 is 4.74 Å². The van der Waals surface area contributed by atoms with E-state index in [-0.39, 0.29) is 18.6 Å². The highest BCUT2D eigenvalue weighted by Gasteiger charge is 2.27. The molecule has 1 aliphatic heterocycles. The Labute approximate surface area is 106 Å². The van der Waals surface area contributed by atoms with Crippen molar-refractivity contribution in [3.05, 3.63) is 29.8 Å². The van der Waals surface area contributed by atoms with Crippen molar-refractivity contribution in [1.82, 2.24) is 4.90 Å². The fourth-order valence-corrected chi connectivity index (χ4v) is 1.97. The number of rotatable bonds is 3. The van der Waals surface area contributed by atoms with Gasteiger partial charge in [-0.15, -0.1) is 0 Å². The van der Waals surface area contributed by atoms with Crippen molar-refractivity contribution in [2.45, 2.75) is 6.04 Å². The Kier molecular flexibility index (Phi) is 4.17. The third-order valence-electron chi connectivity index (χ3n) is 3.04. The van der Waals surface area contributed by atoms with Gasteiger partial charge in [0.25, 0.3) is 5.91 Å². The number of aliphatic hydroxyl groups excluding tert-OH is 1. The van der Waals surface area contributed by atoms with Crippen LogP contribution in [0, 0.1) is 0 Å². The Morgan fingerprint density at radius 1 is 1.50 bits per heavy atom. The molecule has 1 aromatic carbocycles. The Morgan fingerprint density at radius 2 is 2.22 bits per heavy atom. The molecule has 18 heavy (non-hydrogen) atoms. The van der Waals surface area contributed by atoms with Crippen molar-refractivity contribution in [2.24, 2.45) is 0 Å². The molecule has 1 amide bonds. The molecule has 1 saturated heterocycles. The van der Waals surface area contributed by atoms with E-state index in [1.54, 1.807) is 36.3 Å². The van der Waals surface area contributed by atoms with E-state index in [9.17, 15) is 9.90 Å². The summed E-state index contributed by atoms with van der Waals surface area (Å²) in [6.45, 7) is 1.33. The lowest BCUT2D eigenvalue weighted by Gasteiger charge is -2.34. The number of morpholine rings is 1. The number of amides is 1. The molecule has 98 valence electrons. The molecule has 1 atom stereocenters. The SMILES string of the molecule is COc1ccc(C(=O)N2CCOCC2CO)cc1. The minimum absolute atomic E-state index is 0.0815. The molecule has 2 rings (SSSR count). The van der Waals surface area contributed by atoms with E-state index in [2.05, 4.69) is 0 Å². The summed E-state index contributed by atoms with van der Waals surface area (Å²) in [6, 6.07) is 6.70. The van der Waals surface area contributed by atoms with Gasteiger partial charge in [0.05, 0.1) is 33.0 Å². The van der Waals surface area contributed by atoms with Crippen LogP contribution in [0.3, 0.4) is 0 Å². The van der Waals surface area contributed by atoms with Gasteiger partial charge in [-0.1, -0.05) is 0 Å². The van der Waals surface area contributed by atoms with Crippen molar-refractivity contribution in [3.8, 4) is 5.75 Å². The van der Waals surface area contributed by atoms with Crippen molar-refractivity contribution in [1.29, 1.82) is 0 Å². The number of aliphatic hydroxyl groups is 1. The molecule has 0 radical (unpaired) electrons. The number of benzene rings is 1. The van der Waals surface area contributed by atoms with E-state index in [1.807, 2.05) is 0 Å². The predicted molar refractivity (Wildman–Crippen MR) is 65.7 cm³/mol. The van der Waals surface area contributed by atoms with Crippen LogP contribution in [0.25, 0.3) is 0 Å². The fraction of sp³-hybridized carbons (Fsp3) is 0.462. The maximum Gasteiger partial charge on any atom is 0.254 e. The van der Waals surface area contributed by atoms with Crippen LogP contribution in [0.15, 0.2) is 24.3 Å². The smallest absolute Gasteiger partial charge is 0.254 e. The number of hydrogen-bond donors (Lipinski definition) is 1. The first-order valence-corrected chi connectivity index (χ1v) is 5.90. The summed E-state index contributed by atoms with van der Waals surface area (Å²) in [5.41, 5.74) is 0.594. The summed E-state index contributed by atoms with van der Waals surface area (Å²) in [4.78, 5) is 13.9. The van der Waals surface area contributed by atoms with Gasteiger partial charge in [-0.2, -0.15) is 0 Å². The molecular weight excluding hydrogens is 234 g/mol. The second-order valence-electron chi connectivity index (χ2n) is 4.14. The zero-order chi connectivity index (χ0) is 13.0. The van der Waals surface area contributed by atoms with Crippen molar-refractivity contribution in [2.75, 3.05) is 33.5 Å². The number of nitrogens with zero attached hydrogens (tertiary/aromatic N) is 1. The standard InChI is InChI=1S/C13H17NO4/c1-17-12-4-2-10(3-5-12)13(16)14-6-7-18-9-11(14)8-15/h2-5,11,15H,6-9H2,1H3. The van der Waals surface area contributed by atoms with Crippen LogP contribution >= 0.6 is 0 Å². The lowest BCUT2D eigenvalue weighted by molar-refractivity contribution is -0.0183. The highest BCUT2D eigenvalue weighted by molar-refractivity contribution is 5.94. The van der Waals surface area contributed by atoms with Gasteiger partial charge in [-0.25, -0.2) is 0 Å². The quantitative estimate of drug-likeness (QED) is 0.851. The van der Waals surface area contributed by atoms with Gasteiger partial charge in [-0.3, -0.25) is 4.79 Å². The molecule has 1 aliphatic rings. The average Bonchev–Trinajstić information content (AvgIpc) is 2.46. The van der Waals surface area contributed by atoms with Gasteiger partial charge in [0, 0.05) is 12.1 Å². The molecule has 1 fully saturated rings. The molecular formula is C13H17NO4. The zero-order valence-corrected chi connectivity index (χ0v) is 10.3. The molecule has 0 aromatic heterocycles. The largest absolute Gasteiger partial charge is 0.497 e. The normalized spacial score (nSPS) is 19.7. The minimum atomic E-state index is -0.256. The molecule has 0 bridgehead atoms. The number of methoxy groups -OCH3 is 1. The summed E-state index contributed by atoms with van der Waals surface area (Å²) in [5, 5.41) is 9.25. The first-order chi connectivity index (χ1) is 8.76. The molecule has 0 spiro atoms. The van der Waals surface area contributed by atoms with Crippen molar-refractivity contribution >= 4 is 5.91 Å². The topological polar surface area (TPSA) is 59.0 Å². The number of ether oxygens (including phenoxy) is 2. The van der Waals surface area contributed by atoms with Gasteiger partial charge in [-0.05, 0) is 24.3 Å². The summed E-state index contributed by atoms with van der Waals surface area (Å²) < 4.78 is 10.3. The van der Waals surface area contributed by atoms with Crippen LogP contribution in [-0.4, -0.2) is 55.4 Å². The summed E-state index contributed by atoms with van der Waals surface area (Å²) in [5.74, 6) is 0.632.